The number of halogens is 1. The Morgan fingerprint density at radius 3 is 2.74 bits per heavy atom. The van der Waals surface area contributed by atoms with Crippen LogP contribution in [0.5, 0.6) is 0 Å². The summed E-state index contributed by atoms with van der Waals surface area (Å²) in [7, 11) is 0. The SMILES string of the molecule is Cc1cccc2c3c([nH]c12)C(Cc1ccc(F)cc1)CCC3=O. The summed E-state index contributed by atoms with van der Waals surface area (Å²) in [5.74, 6) is 0.293. The first-order valence-corrected chi connectivity index (χ1v) is 8.02. The second kappa shape index (κ2) is 5.34. The summed E-state index contributed by atoms with van der Waals surface area (Å²) in [4.78, 5) is 15.9. The van der Waals surface area contributed by atoms with Crippen molar-refractivity contribution in [3.8, 4) is 0 Å². The van der Waals surface area contributed by atoms with E-state index in [0.717, 1.165) is 46.1 Å². The number of benzene rings is 2. The Bertz CT molecular complexity index is 892. The maximum absolute atomic E-state index is 13.1. The molecule has 2 aromatic carbocycles. The van der Waals surface area contributed by atoms with Crippen molar-refractivity contribution in [2.75, 3.05) is 0 Å². The van der Waals surface area contributed by atoms with Crippen LogP contribution in [0.1, 0.15) is 45.9 Å². The van der Waals surface area contributed by atoms with Crippen molar-refractivity contribution >= 4 is 16.7 Å². The van der Waals surface area contributed by atoms with E-state index in [-0.39, 0.29) is 17.5 Å². The van der Waals surface area contributed by atoms with Gasteiger partial charge < -0.3 is 4.98 Å². The fourth-order valence-electron chi connectivity index (χ4n) is 3.67. The highest BCUT2D eigenvalue weighted by Crippen LogP contribution is 2.38. The van der Waals surface area contributed by atoms with Gasteiger partial charge in [-0.15, -0.1) is 0 Å². The van der Waals surface area contributed by atoms with Crippen LogP contribution in [0, 0.1) is 12.7 Å². The summed E-state index contributed by atoms with van der Waals surface area (Å²) in [6.45, 7) is 2.06. The molecule has 0 saturated carbocycles. The van der Waals surface area contributed by atoms with Crippen LogP contribution >= 0.6 is 0 Å². The van der Waals surface area contributed by atoms with Gasteiger partial charge in [-0.1, -0.05) is 30.3 Å². The third-order valence-corrected chi connectivity index (χ3v) is 4.87. The molecule has 1 N–H and O–H groups in total. The van der Waals surface area contributed by atoms with Gasteiger partial charge >= 0.3 is 0 Å². The molecule has 23 heavy (non-hydrogen) atoms. The number of nitrogens with one attached hydrogen (secondary N) is 1. The lowest BCUT2D eigenvalue weighted by Gasteiger charge is -2.22. The average molecular weight is 307 g/mol. The van der Waals surface area contributed by atoms with E-state index in [1.54, 1.807) is 0 Å². The van der Waals surface area contributed by atoms with Crippen LogP contribution in [0.4, 0.5) is 4.39 Å². The number of hydrogen-bond acceptors (Lipinski definition) is 1. The standard InChI is InChI=1S/C20H18FNO/c1-12-3-2-4-16-18-17(23)10-7-14(20(18)22-19(12)16)11-13-5-8-15(21)9-6-13/h2-6,8-9,14,22H,7,10-11H2,1H3. The zero-order chi connectivity index (χ0) is 16.0. The number of Topliss-reactive ketones (excluding diaryl/α,β-unsaturated/α-hetero) is 1. The van der Waals surface area contributed by atoms with Crippen LogP contribution in [-0.2, 0) is 6.42 Å². The molecule has 0 aliphatic heterocycles. The van der Waals surface area contributed by atoms with Crippen molar-refractivity contribution in [1.29, 1.82) is 0 Å². The summed E-state index contributed by atoms with van der Waals surface area (Å²) in [5, 5.41) is 1.04. The number of aromatic amines is 1. The second-order valence-corrected chi connectivity index (χ2v) is 6.40. The van der Waals surface area contributed by atoms with Crippen molar-refractivity contribution in [2.45, 2.75) is 32.1 Å². The molecule has 0 fully saturated rings. The second-order valence-electron chi connectivity index (χ2n) is 6.40. The molecule has 1 heterocycles. The van der Waals surface area contributed by atoms with Gasteiger partial charge in [-0.3, -0.25) is 4.79 Å². The summed E-state index contributed by atoms with van der Waals surface area (Å²) < 4.78 is 13.1. The van der Waals surface area contributed by atoms with E-state index in [9.17, 15) is 9.18 Å². The molecule has 1 aliphatic carbocycles. The Labute approximate surface area is 134 Å². The molecule has 1 atom stereocenters. The quantitative estimate of drug-likeness (QED) is 0.716. The van der Waals surface area contributed by atoms with Crippen LogP contribution in [0.25, 0.3) is 10.9 Å². The van der Waals surface area contributed by atoms with Crippen LogP contribution in [0.15, 0.2) is 42.5 Å². The van der Waals surface area contributed by atoms with Gasteiger partial charge in [-0.05, 0) is 43.0 Å². The molecule has 1 aliphatic rings. The van der Waals surface area contributed by atoms with E-state index in [1.165, 1.54) is 12.1 Å². The third kappa shape index (κ3) is 2.37. The molecule has 3 heteroatoms. The predicted octanol–water partition coefficient (Wildman–Crippen LogP) is 4.92. The number of aryl methyl sites for hydroxylation is 1. The lowest BCUT2D eigenvalue weighted by molar-refractivity contribution is 0.0968. The fraction of sp³-hybridized carbons (Fsp3) is 0.250. The Morgan fingerprint density at radius 2 is 1.96 bits per heavy atom. The van der Waals surface area contributed by atoms with Gasteiger partial charge in [0.2, 0.25) is 0 Å². The van der Waals surface area contributed by atoms with E-state index in [0.29, 0.717) is 6.42 Å². The van der Waals surface area contributed by atoms with Crippen LogP contribution in [-0.4, -0.2) is 10.8 Å². The number of hydrogen-bond donors (Lipinski definition) is 1. The fourth-order valence-corrected chi connectivity index (χ4v) is 3.67. The lowest BCUT2D eigenvalue weighted by atomic mass is 9.82. The lowest BCUT2D eigenvalue weighted by Crippen LogP contribution is -2.16. The first kappa shape index (κ1) is 14.2. The number of rotatable bonds is 2. The Morgan fingerprint density at radius 1 is 1.17 bits per heavy atom. The minimum Gasteiger partial charge on any atom is -0.357 e. The van der Waals surface area contributed by atoms with E-state index in [4.69, 9.17) is 0 Å². The van der Waals surface area contributed by atoms with E-state index >= 15 is 0 Å². The summed E-state index contributed by atoms with van der Waals surface area (Å²) in [5.41, 5.74) is 5.24. The molecule has 4 rings (SSSR count). The van der Waals surface area contributed by atoms with Crippen molar-refractivity contribution < 1.29 is 9.18 Å². The van der Waals surface area contributed by atoms with Crippen LogP contribution < -0.4 is 0 Å². The van der Waals surface area contributed by atoms with E-state index in [1.807, 2.05) is 24.3 Å². The molecule has 0 amide bonds. The maximum Gasteiger partial charge on any atom is 0.165 e. The first-order valence-electron chi connectivity index (χ1n) is 8.02. The number of carbonyl (C=O) groups excluding carboxylic acids is 1. The monoisotopic (exact) mass is 307 g/mol. The van der Waals surface area contributed by atoms with Crippen molar-refractivity contribution in [3.63, 3.8) is 0 Å². The number of H-pyrrole nitrogens is 1. The molecule has 0 radical (unpaired) electrons. The molecule has 1 unspecified atom stereocenters. The number of fused-ring (bicyclic) bond motifs is 3. The molecule has 116 valence electrons. The topological polar surface area (TPSA) is 32.9 Å². The average Bonchev–Trinajstić information content (AvgIpc) is 2.94. The maximum atomic E-state index is 13.1. The highest BCUT2D eigenvalue weighted by atomic mass is 19.1. The Hall–Kier alpha value is -2.42. The van der Waals surface area contributed by atoms with E-state index in [2.05, 4.69) is 18.0 Å². The molecule has 2 nitrogen and oxygen atoms in total. The number of carbonyl (C=O) groups is 1. The summed E-state index contributed by atoms with van der Waals surface area (Å²) >= 11 is 0. The van der Waals surface area contributed by atoms with Gasteiger partial charge in [-0.2, -0.15) is 0 Å². The van der Waals surface area contributed by atoms with Gasteiger partial charge in [0, 0.05) is 34.5 Å². The van der Waals surface area contributed by atoms with Crippen LogP contribution in [0.3, 0.4) is 0 Å². The molecular formula is C20H18FNO. The summed E-state index contributed by atoms with van der Waals surface area (Å²) in [6.07, 6.45) is 2.25. The molecule has 1 aromatic heterocycles. The first-order chi connectivity index (χ1) is 11.1. The highest BCUT2D eigenvalue weighted by molar-refractivity contribution is 6.10. The number of aromatic nitrogens is 1. The van der Waals surface area contributed by atoms with Crippen LogP contribution in [0.2, 0.25) is 0 Å². The normalized spacial score (nSPS) is 17.5. The molecule has 0 spiro atoms. The molecule has 0 bridgehead atoms. The Balaban J connectivity index is 1.79. The van der Waals surface area contributed by atoms with E-state index < -0.39 is 0 Å². The largest absolute Gasteiger partial charge is 0.357 e. The predicted molar refractivity (Wildman–Crippen MR) is 89.4 cm³/mol. The third-order valence-electron chi connectivity index (χ3n) is 4.87. The van der Waals surface area contributed by atoms with Gasteiger partial charge in [-0.25, -0.2) is 4.39 Å². The minimum absolute atomic E-state index is 0.213. The van der Waals surface area contributed by atoms with Gasteiger partial charge in [0.05, 0.1) is 0 Å². The molecule has 0 saturated heterocycles. The van der Waals surface area contributed by atoms with Crippen molar-refractivity contribution in [2.24, 2.45) is 0 Å². The Kier molecular flexibility index (Phi) is 3.29. The zero-order valence-corrected chi connectivity index (χ0v) is 13.0. The molecular weight excluding hydrogens is 289 g/mol. The zero-order valence-electron chi connectivity index (χ0n) is 13.0. The highest BCUT2D eigenvalue weighted by Gasteiger charge is 2.29. The summed E-state index contributed by atoms with van der Waals surface area (Å²) in [6, 6.07) is 12.8. The van der Waals surface area contributed by atoms with Gasteiger partial charge in [0.1, 0.15) is 5.82 Å². The smallest absolute Gasteiger partial charge is 0.165 e. The van der Waals surface area contributed by atoms with Crippen molar-refractivity contribution in [1.82, 2.24) is 4.98 Å². The minimum atomic E-state index is -0.213. The van der Waals surface area contributed by atoms with Gasteiger partial charge in [0.15, 0.2) is 5.78 Å². The van der Waals surface area contributed by atoms with Crippen molar-refractivity contribution in [3.05, 3.63) is 70.7 Å². The number of para-hydroxylation sites is 1. The van der Waals surface area contributed by atoms with Gasteiger partial charge in [0.25, 0.3) is 0 Å². The molecule has 3 aromatic rings. The number of ketones is 1.